The molecule has 18 heavy (non-hydrogen) atoms. The van der Waals surface area contributed by atoms with Gasteiger partial charge in [0.15, 0.2) is 5.75 Å². The largest absolute Gasteiger partial charge is 0.455 e. The maximum absolute atomic E-state index is 6.11. The highest BCUT2D eigenvalue weighted by molar-refractivity contribution is 6.32. The molecule has 0 fully saturated rings. The Morgan fingerprint density at radius 2 is 1.61 bits per heavy atom. The van der Waals surface area contributed by atoms with Crippen molar-refractivity contribution in [3.63, 3.8) is 0 Å². The number of hydrogen-bond acceptors (Lipinski definition) is 2. The highest BCUT2D eigenvalue weighted by Crippen LogP contribution is 2.33. The molecule has 0 amide bonds. The van der Waals surface area contributed by atoms with Crippen LogP contribution in [0.5, 0.6) is 11.5 Å². The molecule has 0 saturated heterocycles. The van der Waals surface area contributed by atoms with Gasteiger partial charge in [0, 0.05) is 16.1 Å². The van der Waals surface area contributed by atoms with E-state index in [0.717, 1.165) is 16.1 Å². The molecule has 2 nitrogen and oxygen atoms in total. The van der Waals surface area contributed by atoms with Crippen molar-refractivity contribution in [1.82, 2.24) is 0 Å². The highest BCUT2D eigenvalue weighted by Gasteiger charge is 2.07. The van der Waals surface area contributed by atoms with Crippen LogP contribution in [-0.2, 0) is 0 Å². The van der Waals surface area contributed by atoms with Gasteiger partial charge in [-0.25, -0.2) is 0 Å². The molecule has 94 valence electrons. The van der Waals surface area contributed by atoms with Gasteiger partial charge >= 0.3 is 0 Å². The molecule has 0 radical (unpaired) electrons. The Hall–Kier alpha value is -1.38. The molecule has 0 aromatic heterocycles. The van der Waals surface area contributed by atoms with Crippen molar-refractivity contribution in [2.45, 2.75) is 13.8 Å². The van der Waals surface area contributed by atoms with Crippen LogP contribution in [0.1, 0.15) is 11.1 Å². The monoisotopic (exact) mass is 281 g/mol. The van der Waals surface area contributed by atoms with Crippen molar-refractivity contribution >= 4 is 28.9 Å². The zero-order valence-electron chi connectivity index (χ0n) is 10.1. The van der Waals surface area contributed by atoms with E-state index in [1.54, 1.807) is 18.2 Å². The van der Waals surface area contributed by atoms with E-state index in [4.69, 9.17) is 33.7 Å². The van der Waals surface area contributed by atoms with Crippen molar-refractivity contribution in [3.05, 3.63) is 51.5 Å². The Morgan fingerprint density at radius 3 is 2.22 bits per heavy atom. The third-order valence-corrected chi connectivity index (χ3v) is 3.44. The average molecular weight is 282 g/mol. The van der Waals surface area contributed by atoms with Crippen LogP contribution in [0.25, 0.3) is 0 Å². The Bertz CT molecular complexity index is 573. The molecule has 0 atom stereocenters. The van der Waals surface area contributed by atoms with E-state index in [1.807, 2.05) is 26.0 Å². The van der Waals surface area contributed by atoms with E-state index >= 15 is 0 Å². The molecule has 0 aliphatic carbocycles. The van der Waals surface area contributed by atoms with Crippen LogP contribution < -0.4 is 10.5 Å². The molecule has 4 heteroatoms. The minimum atomic E-state index is 0.545. The molecular formula is C14H13Cl2NO. The molecule has 0 aliphatic rings. The first-order valence-electron chi connectivity index (χ1n) is 5.47. The lowest BCUT2D eigenvalue weighted by Gasteiger charge is -2.11. The Kier molecular flexibility index (Phi) is 3.69. The summed E-state index contributed by atoms with van der Waals surface area (Å²) in [5.74, 6) is 1.24. The lowest BCUT2D eigenvalue weighted by atomic mass is 10.1. The number of ether oxygens (including phenoxy) is 1. The summed E-state index contributed by atoms with van der Waals surface area (Å²) >= 11 is 12.0. The van der Waals surface area contributed by atoms with Gasteiger partial charge in [0.2, 0.25) is 0 Å². The van der Waals surface area contributed by atoms with Gasteiger partial charge in [-0.15, -0.1) is 0 Å². The van der Waals surface area contributed by atoms with Gasteiger partial charge in [-0.05, 0) is 49.2 Å². The first-order chi connectivity index (χ1) is 8.47. The predicted octanol–water partition coefficient (Wildman–Crippen LogP) is 4.98. The molecule has 0 spiro atoms. The molecule has 2 rings (SSSR count). The predicted molar refractivity (Wildman–Crippen MR) is 76.9 cm³/mol. The Morgan fingerprint density at radius 1 is 1.00 bits per heavy atom. The topological polar surface area (TPSA) is 35.2 Å². The van der Waals surface area contributed by atoms with Crippen molar-refractivity contribution in [2.24, 2.45) is 0 Å². The standard InChI is InChI=1S/C14H13Cl2NO/c1-8-5-11(6-9(2)14(8)16)18-13-7-10(15)3-4-12(13)17/h3-7H,17H2,1-2H3. The number of halogens is 2. The molecule has 0 heterocycles. The van der Waals surface area contributed by atoms with Gasteiger partial charge in [-0.1, -0.05) is 23.2 Å². The van der Waals surface area contributed by atoms with E-state index in [1.165, 1.54) is 0 Å². The van der Waals surface area contributed by atoms with E-state index in [0.29, 0.717) is 22.2 Å². The Balaban J connectivity index is 2.37. The van der Waals surface area contributed by atoms with Crippen LogP contribution in [0.15, 0.2) is 30.3 Å². The second kappa shape index (κ2) is 5.09. The lowest BCUT2D eigenvalue weighted by Crippen LogP contribution is -1.93. The van der Waals surface area contributed by atoms with Crippen molar-refractivity contribution < 1.29 is 4.74 Å². The zero-order chi connectivity index (χ0) is 13.3. The fourth-order valence-corrected chi connectivity index (χ4v) is 1.96. The summed E-state index contributed by atoms with van der Waals surface area (Å²) in [6.45, 7) is 3.87. The Labute approximate surface area is 116 Å². The second-order valence-electron chi connectivity index (χ2n) is 4.16. The highest BCUT2D eigenvalue weighted by atomic mass is 35.5. The van der Waals surface area contributed by atoms with Crippen LogP contribution in [0.3, 0.4) is 0 Å². The number of anilines is 1. The third kappa shape index (κ3) is 2.71. The summed E-state index contributed by atoms with van der Waals surface area (Å²) in [5, 5.41) is 1.34. The first-order valence-corrected chi connectivity index (χ1v) is 6.22. The van der Waals surface area contributed by atoms with Gasteiger partial charge in [-0.3, -0.25) is 0 Å². The summed E-state index contributed by atoms with van der Waals surface area (Å²) in [6.07, 6.45) is 0. The van der Waals surface area contributed by atoms with Crippen molar-refractivity contribution in [2.75, 3.05) is 5.73 Å². The summed E-state index contributed by atoms with van der Waals surface area (Å²) in [6, 6.07) is 8.87. The normalized spacial score (nSPS) is 10.4. The number of hydrogen-bond donors (Lipinski definition) is 1. The van der Waals surface area contributed by atoms with Crippen LogP contribution in [0.4, 0.5) is 5.69 Å². The van der Waals surface area contributed by atoms with Gasteiger partial charge < -0.3 is 10.5 Å². The molecule has 0 saturated carbocycles. The van der Waals surface area contributed by atoms with Crippen LogP contribution in [0.2, 0.25) is 10.0 Å². The van der Waals surface area contributed by atoms with E-state index in [2.05, 4.69) is 0 Å². The second-order valence-corrected chi connectivity index (χ2v) is 4.97. The van der Waals surface area contributed by atoms with Crippen molar-refractivity contribution in [3.8, 4) is 11.5 Å². The number of nitrogens with two attached hydrogens (primary N) is 1. The van der Waals surface area contributed by atoms with Crippen LogP contribution in [0, 0.1) is 13.8 Å². The van der Waals surface area contributed by atoms with Gasteiger partial charge in [0.25, 0.3) is 0 Å². The quantitative estimate of drug-likeness (QED) is 0.788. The smallest absolute Gasteiger partial charge is 0.151 e. The average Bonchev–Trinajstić information content (AvgIpc) is 2.31. The molecule has 0 bridgehead atoms. The number of nitrogen functional groups attached to an aromatic ring is 1. The van der Waals surface area contributed by atoms with E-state index in [-0.39, 0.29) is 0 Å². The summed E-state index contributed by atoms with van der Waals surface area (Å²) < 4.78 is 5.74. The van der Waals surface area contributed by atoms with Crippen LogP contribution in [-0.4, -0.2) is 0 Å². The molecule has 2 aromatic carbocycles. The zero-order valence-corrected chi connectivity index (χ0v) is 11.6. The minimum absolute atomic E-state index is 0.545. The number of benzene rings is 2. The molecule has 2 aromatic rings. The summed E-state index contributed by atoms with van der Waals surface area (Å²) in [7, 11) is 0. The van der Waals surface area contributed by atoms with Crippen molar-refractivity contribution in [1.29, 1.82) is 0 Å². The summed E-state index contributed by atoms with van der Waals surface area (Å²) in [4.78, 5) is 0. The van der Waals surface area contributed by atoms with Gasteiger partial charge in [0.05, 0.1) is 5.69 Å². The number of aryl methyl sites for hydroxylation is 2. The summed E-state index contributed by atoms with van der Waals surface area (Å²) in [5.41, 5.74) is 8.31. The first kappa shape index (κ1) is 13.1. The molecular weight excluding hydrogens is 269 g/mol. The SMILES string of the molecule is Cc1cc(Oc2cc(Cl)ccc2N)cc(C)c1Cl. The number of rotatable bonds is 2. The van der Waals surface area contributed by atoms with Crippen LogP contribution >= 0.6 is 23.2 Å². The van der Waals surface area contributed by atoms with E-state index < -0.39 is 0 Å². The minimum Gasteiger partial charge on any atom is -0.455 e. The molecule has 0 unspecified atom stereocenters. The maximum atomic E-state index is 6.11. The van der Waals surface area contributed by atoms with E-state index in [9.17, 15) is 0 Å². The lowest BCUT2D eigenvalue weighted by molar-refractivity contribution is 0.484. The molecule has 2 N–H and O–H groups in total. The fourth-order valence-electron chi connectivity index (χ4n) is 1.69. The van der Waals surface area contributed by atoms with Gasteiger partial charge in [0.1, 0.15) is 5.75 Å². The third-order valence-electron chi connectivity index (χ3n) is 2.61. The fraction of sp³-hybridized carbons (Fsp3) is 0.143. The maximum Gasteiger partial charge on any atom is 0.151 e. The molecule has 0 aliphatic heterocycles. The van der Waals surface area contributed by atoms with Gasteiger partial charge in [-0.2, -0.15) is 0 Å².